The predicted octanol–water partition coefficient (Wildman–Crippen LogP) is 4.15. The lowest BCUT2D eigenvalue weighted by Gasteiger charge is -2.31. The van der Waals surface area contributed by atoms with Crippen LogP contribution in [0.4, 0.5) is 4.39 Å². The number of rotatable bonds is 5. The summed E-state index contributed by atoms with van der Waals surface area (Å²) in [6.07, 6.45) is 0. The van der Waals surface area contributed by atoms with Gasteiger partial charge in [-0.2, -0.15) is 0 Å². The molecule has 2 aromatic carbocycles. The van der Waals surface area contributed by atoms with Crippen LogP contribution in [0.15, 0.2) is 48.5 Å². The maximum absolute atomic E-state index is 14.2. The monoisotopic (exact) mass is 398 g/mol. The standard InChI is InChI=1S/C22H23FN2O2S/c1-15-20-17(23)8-5-9-19(20)28-21(15)22(26)24-18(16-6-3-2-4-7-16)14-25-10-12-27-13-11-25/h2-9,18H,10-14H2,1H3,(H,24,26). The van der Waals surface area contributed by atoms with E-state index in [-0.39, 0.29) is 17.8 Å². The molecule has 1 aliphatic rings. The van der Waals surface area contributed by atoms with E-state index >= 15 is 0 Å². The Labute approximate surface area is 167 Å². The van der Waals surface area contributed by atoms with Gasteiger partial charge in [0.1, 0.15) is 5.82 Å². The van der Waals surface area contributed by atoms with Crippen LogP contribution in [0, 0.1) is 12.7 Å². The van der Waals surface area contributed by atoms with Crippen molar-refractivity contribution in [3.8, 4) is 0 Å². The molecule has 146 valence electrons. The zero-order valence-electron chi connectivity index (χ0n) is 15.8. The summed E-state index contributed by atoms with van der Waals surface area (Å²) < 4.78 is 20.5. The van der Waals surface area contributed by atoms with E-state index in [4.69, 9.17) is 4.74 Å². The summed E-state index contributed by atoms with van der Waals surface area (Å²) >= 11 is 1.34. The molecule has 4 rings (SSSR count). The number of nitrogens with one attached hydrogen (secondary N) is 1. The van der Waals surface area contributed by atoms with E-state index in [0.29, 0.717) is 29.0 Å². The molecule has 2 heterocycles. The summed E-state index contributed by atoms with van der Waals surface area (Å²) in [5.74, 6) is -0.432. The number of thiophene rings is 1. The molecule has 6 heteroatoms. The van der Waals surface area contributed by atoms with Crippen LogP contribution in [-0.2, 0) is 4.74 Å². The van der Waals surface area contributed by atoms with Gasteiger partial charge < -0.3 is 10.1 Å². The summed E-state index contributed by atoms with van der Waals surface area (Å²) in [6, 6.07) is 14.8. The van der Waals surface area contributed by atoms with Gasteiger partial charge in [0, 0.05) is 29.7 Å². The second-order valence-corrected chi connectivity index (χ2v) is 8.07. The molecular formula is C22H23FN2O2S. The molecule has 1 aromatic heterocycles. The van der Waals surface area contributed by atoms with Crippen molar-refractivity contribution >= 4 is 27.3 Å². The van der Waals surface area contributed by atoms with Crippen LogP contribution in [0.3, 0.4) is 0 Å². The highest BCUT2D eigenvalue weighted by Gasteiger charge is 2.23. The van der Waals surface area contributed by atoms with Crippen LogP contribution < -0.4 is 5.32 Å². The Hall–Kier alpha value is -2.28. The SMILES string of the molecule is Cc1c(C(=O)NC(CN2CCOCC2)c2ccccc2)sc2cccc(F)c12. The molecule has 1 saturated heterocycles. The highest BCUT2D eigenvalue weighted by atomic mass is 32.1. The number of hydrogen-bond acceptors (Lipinski definition) is 4. The first-order valence-corrected chi connectivity index (χ1v) is 10.3. The normalized spacial score (nSPS) is 16.2. The zero-order chi connectivity index (χ0) is 19.5. The summed E-state index contributed by atoms with van der Waals surface area (Å²) in [5.41, 5.74) is 1.76. The van der Waals surface area contributed by atoms with Gasteiger partial charge in [0.25, 0.3) is 5.91 Å². The fourth-order valence-corrected chi connectivity index (χ4v) is 4.78. The van der Waals surface area contributed by atoms with Crippen molar-refractivity contribution in [3.63, 3.8) is 0 Å². The first-order valence-electron chi connectivity index (χ1n) is 9.47. The van der Waals surface area contributed by atoms with Crippen molar-refractivity contribution in [1.29, 1.82) is 0 Å². The van der Waals surface area contributed by atoms with E-state index in [1.807, 2.05) is 43.3 Å². The quantitative estimate of drug-likeness (QED) is 0.702. The highest BCUT2D eigenvalue weighted by Crippen LogP contribution is 2.33. The molecule has 0 aliphatic carbocycles. The maximum Gasteiger partial charge on any atom is 0.262 e. The van der Waals surface area contributed by atoms with E-state index in [2.05, 4.69) is 10.2 Å². The Kier molecular flexibility index (Phi) is 5.71. The van der Waals surface area contributed by atoms with Crippen LogP contribution in [-0.4, -0.2) is 43.7 Å². The van der Waals surface area contributed by atoms with Gasteiger partial charge in [0.15, 0.2) is 0 Å². The van der Waals surface area contributed by atoms with Crippen molar-refractivity contribution in [2.24, 2.45) is 0 Å². The lowest BCUT2D eigenvalue weighted by Crippen LogP contribution is -2.43. The Morgan fingerprint density at radius 2 is 1.93 bits per heavy atom. The Morgan fingerprint density at radius 3 is 2.64 bits per heavy atom. The number of morpholine rings is 1. The van der Waals surface area contributed by atoms with E-state index in [1.54, 1.807) is 6.07 Å². The van der Waals surface area contributed by atoms with Crippen molar-refractivity contribution in [3.05, 3.63) is 70.4 Å². The van der Waals surface area contributed by atoms with E-state index in [9.17, 15) is 9.18 Å². The van der Waals surface area contributed by atoms with E-state index in [0.717, 1.165) is 29.9 Å². The fraction of sp³-hybridized carbons (Fsp3) is 0.318. The van der Waals surface area contributed by atoms with Gasteiger partial charge in [0.2, 0.25) is 0 Å². The lowest BCUT2D eigenvalue weighted by molar-refractivity contribution is 0.0332. The third-order valence-corrected chi connectivity index (χ3v) is 6.42. The fourth-order valence-electron chi connectivity index (χ4n) is 3.66. The number of aryl methyl sites for hydroxylation is 1. The molecule has 0 radical (unpaired) electrons. The van der Waals surface area contributed by atoms with Gasteiger partial charge in [0.05, 0.1) is 24.1 Å². The summed E-state index contributed by atoms with van der Waals surface area (Å²) in [7, 11) is 0. The number of ether oxygens (including phenoxy) is 1. The number of benzene rings is 2. The molecule has 0 spiro atoms. The van der Waals surface area contributed by atoms with Crippen LogP contribution >= 0.6 is 11.3 Å². The molecule has 1 atom stereocenters. The molecule has 3 aromatic rings. The summed E-state index contributed by atoms with van der Waals surface area (Å²) in [6.45, 7) is 5.67. The largest absolute Gasteiger partial charge is 0.379 e. The second kappa shape index (κ2) is 8.39. The first kappa shape index (κ1) is 19.1. The second-order valence-electron chi connectivity index (χ2n) is 7.02. The molecule has 1 fully saturated rings. The van der Waals surface area contributed by atoms with Gasteiger partial charge in [-0.15, -0.1) is 11.3 Å². The topological polar surface area (TPSA) is 41.6 Å². The van der Waals surface area contributed by atoms with E-state index < -0.39 is 0 Å². The number of carbonyl (C=O) groups is 1. The van der Waals surface area contributed by atoms with Crippen molar-refractivity contribution in [1.82, 2.24) is 10.2 Å². The average Bonchev–Trinajstić information content (AvgIpc) is 3.07. The maximum atomic E-state index is 14.2. The van der Waals surface area contributed by atoms with Gasteiger partial charge in [-0.1, -0.05) is 36.4 Å². The molecule has 0 saturated carbocycles. The number of halogens is 1. The third kappa shape index (κ3) is 3.94. The summed E-state index contributed by atoms with van der Waals surface area (Å²) in [5, 5.41) is 3.73. The first-order chi connectivity index (χ1) is 13.6. The summed E-state index contributed by atoms with van der Waals surface area (Å²) in [4.78, 5) is 16.0. The third-order valence-electron chi connectivity index (χ3n) is 5.16. The molecular weight excluding hydrogens is 375 g/mol. The highest BCUT2D eigenvalue weighted by molar-refractivity contribution is 7.21. The number of amides is 1. The van der Waals surface area contributed by atoms with Crippen LogP contribution in [0.1, 0.15) is 26.8 Å². The molecule has 1 aliphatic heterocycles. The molecule has 0 bridgehead atoms. The minimum Gasteiger partial charge on any atom is -0.379 e. The number of fused-ring (bicyclic) bond motifs is 1. The van der Waals surface area contributed by atoms with Crippen LogP contribution in [0.2, 0.25) is 0 Å². The van der Waals surface area contributed by atoms with Crippen molar-refractivity contribution < 1.29 is 13.9 Å². The van der Waals surface area contributed by atoms with E-state index in [1.165, 1.54) is 17.4 Å². The number of hydrogen-bond donors (Lipinski definition) is 1. The van der Waals surface area contributed by atoms with Gasteiger partial charge >= 0.3 is 0 Å². The lowest BCUT2D eigenvalue weighted by atomic mass is 10.1. The minimum atomic E-state index is -0.279. The van der Waals surface area contributed by atoms with Gasteiger partial charge in [-0.3, -0.25) is 9.69 Å². The van der Waals surface area contributed by atoms with Gasteiger partial charge in [-0.25, -0.2) is 4.39 Å². The molecule has 1 amide bonds. The Morgan fingerprint density at radius 1 is 1.18 bits per heavy atom. The molecule has 1 N–H and O–H groups in total. The van der Waals surface area contributed by atoms with Crippen molar-refractivity contribution in [2.75, 3.05) is 32.8 Å². The number of nitrogens with zero attached hydrogens (tertiary/aromatic N) is 1. The Bertz CT molecular complexity index is 967. The van der Waals surface area contributed by atoms with Crippen molar-refractivity contribution in [2.45, 2.75) is 13.0 Å². The van der Waals surface area contributed by atoms with Crippen LogP contribution in [0.5, 0.6) is 0 Å². The van der Waals surface area contributed by atoms with Crippen LogP contribution in [0.25, 0.3) is 10.1 Å². The van der Waals surface area contributed by atoms with Gasteiger partial charge in [-0.05, 0) is 30.2 Å². The molecule has 4 nitrogen and oxygen atoms in total. The number of carbonyl (C=O) groups excluding carboxylic acids is 1. The smallest absolute Gasteiger partial charge is 0.262 e. The molecule has 28 heavy (non-hydrogen) atoms. The zero-order valence-corrected chi connectivity index (χ0v) is 16.6. The molecule has 1 unspecified atom stereocenters. The predicted molar refractivity (Wildman–Crippen MR) is 110 cm³/mol. The average molecular weight is 399 g/mol. The minimum absolute atomic E-state index is 0.138. The Balaban J connectivity index is 1.60.